The van der Waals surface area contributed by atoms with Gasteiger partial charge in [0.2, 0.25) is 0 Å². The van der Waals surface area contributed by atoms with Crippen molar-refractivity contribution in [2.24, 2.45) is 0 Å². The number of likely N-dealkylation sites (tertiary alicyclic amines) is 1. The molecule has 29 heavy (non-hydrogen) atoms. The van der Waals surface area contributed by atoms with Crippen LogP contribution in [0.3, 0.4) is 0 Å². The average molecular weight is 387 g/mol. The molecule has 144 valence electrons. The van der Waals surface area contributed by atoms with Crippen molar-refractivity contribution < 1.29 is 19.1 Å². The molecule has 0 bridgehead atoms. The Bertz CT molecular complexity index is 1090. The van der Waals surface area contributed by atoms with Crippen molar-refractivity contribution in [3.05, 3.63) is 113 Å². The third kappa shape index (κ3) is 3.43. The number of ketones is 1. The van der Waals surface area contributed by atoms with Crippen LogP contribution in [0.5, 0.6) is 0 Å². The van der Waals surface area contributed by atoms with Crippen molar-refractivity contribution in [2.45, 2.75) is 12.6 Å². The van der Waals surface area contributed by atoms with Gasteiger partial charge in [0.05, 0.1) is 11.6 Å². The maximum Gasteiger partial charge on any atom is 0.295 e. The van der Waals surface area contributed by atoms with Crippen LogP contribution in [0.15, 0.2) is 90.5 Å². The van der Waals surface area contributed by atoms with E-state index in [2.05, 4.69) is 0 Å². The lowest BCUT2D eigenvalue weighted by Crippen LogP contribution is -2.29. The number of carbonyl (C=O) groups is 2. The molecule has 0 aliphatic carbocycles. The highest BCUT2D eigenvalue weighted by molar-refractivity contribution is 6.46. The maximum absolute atomic E-state index is 14.7. The summed E-state index contributed by atoms with van der Waals surface area (Å²) >= 11 is 0. The minimum Gasteiger partial charge on any atom is -0.507 e. The Morgan fingerprint density at radius 1 is 0.862 bits per heavy atom. The van der Waals surface area contributed by atoms with E-state index in [0.29, 0.717) is 5.56 Å². The number of amides is 1. The van der Waals surface area contributed by atoms with E-state index in [-0.39, 0.29) is 23.4 Å². The van der Waals surface area contributed by atoms with Gasteiger partial charge in [-0.3, -0.25) is 9.59 Å². The molecule has 5 heteroatoms. The standard InChI is InChI=1S/C24H18FNO3/c25-19-14-8-7-13-18(19)21-20(22(27)17-11-5-2-6-12-17)23(28)24(29)26(21)15-16-9-3-1-4-10-16/h1-14,21,27H,15H2/b22-20-. The third-order valence-electron chi connectivity index (χ3n) is 4.98. The summed E-state index contributed by atoms with van der Waals surface area (Å²) in [6.07, 6.45) is 0. The number of aliphatic hydroxyl groups excluding tert-OH is 1. The Morgan fingerprint density at radius 2 is 1.45 bits per heavy atom. The number of rotatable bonds is 4. The van der Waals surface area contributed by atoms with E-state index in [9.17, 15) is 19.1 Å². The van der Waals surface area contributed by atoms with Crippen molar-refractivity contribution in [3.8, 4) is 0 Å². The molecule has 1 heterocycles. The van der Waals surface area contributed by atoms with Crippen LogP contribution < -0.4 is 0 Å². The molecule has 3 aromatic carbocycles. The fourth-order valence-electron chi connectivity index (χ4n) is 3.59. The highest BCUT2D eigenvalue weighted by Gasteiger charge is 2.46. The summed E-state index contributed by atoms with van der Waals surface area (Å²) in [5.74, 6) is -2.45. The van der Waals surface area contributed by atoms with Gasteiger partial charge in [-0.15, -0.1) is 0 Å². The number of Topliss-reactive ketones (excluding diaryl/α,β-unsaturated/α-hetero) is 1. The van der Waals surface area contributed by atoms with E-state index in [1.54, 1.807) is 42.5 Å². The van der Waals surface area contributed by atoms with Crippen molar-refractivity contribution in [2.75, 3.05) is 0 Å². The van der Waals surface area contributed by atoms with Crippen molar-refractivity contribution in [3.63, 3.8) is 0 Å². The lowest BCUT2D eigenvalue weighted by Gasteiger charge is -2.25. The minimum absolute atomic E-state index is 0.109. The molecule has 1 amide bonds. The molecular formula is C24H18FNO3. The second kappa shape index (κ2) is 7.72. The van der Waals surface area contributed by atoms with Crippen LogP contribution in [-0.4, -0.2) is 21.7 Å². The van der Waals surface area contributed by atoms with Gasteiger partial charge >= 0.3 is 0 Å². The zero-order chi connectivity index (χ0) is 20.4. The van der Waals surface area contributed by atoms with Crippen LogP contribution >= 0.6 is 0 Å². The van der Waals surface area contributed by atoms with E-state index < -0.39 is 23.5 Å². The Hall–Kier alpha value is -3.73. The predicted octanol–water partition coefficient (Wildman–Crippen LogP) is 4.45. The first kappa shape index (κ1) is 18.6. The molecule has 4 rings (SSSR count). The second-order valence-electron chi connectivity index (χ2n) is 6.80. The van der Waals surface area contributed by atoms with Gasteiger partial charge in [0.25, 0.3) is 11.7 Å². The number of benzene rings is 3. The number of aliphatic hydroxyl groups is 1. The number of carbonyl (C=O) groups excluding carboxylic acids is 2. The Balaban J connectivity index is 1.89. The third-order valence-corrected chi connectivity index (χ3v) is 4.98. The number of halogens is 1. The molecule has 1 fully saturated rings. The molecule has 1 aliphatic heterocycles. The summed E-state index contributed by atoms with van der Waals surface area (Å²) in [4.78, 5) is 27.1. The molecule has 0 aromatic heterocycles. The number of hydrogen-bond acceptors (Lipinski definition) is 3. The molecule has 0 saturated carbocycles. The van der Waals surface area contributed by atoms with E-state index in [1.807, 2.05) is 30.3 Å². The quantitative estimate of drug-likeness (QED) is 0.409. The van der Waals surface area contributed by atoms with Crippen LogP contribution in [0.4, 0.5) is 4.39 Å². The first-order valence-corrected chi connectivity index (χ1v) is 9.20. The molecule has 1 unspecified atom stereocenters. The zero-order valence-electron chi connectivity index (χ0n) is 15.5. The van der Waals surface area contributed by atoms with Crippen LogP contribution in [-0.2, 0) is 16.1 Å². The predicted molar refractivity (Wildman–Crippen MR) is 107 cm³/mol. The van der Waals surface area contributed by atoms with Gasteiger partial charge < -0.3 is 10.0 Å². The van der Waals surface area contributed by atoms with Gasteiger partial charge in [-0.25, -0.2) is 4.39 Å². The van der Waals surface area contributed by atoms with Gasteiger partial charge in [0.1, 0.15) is 11.6 Å². The lowest BCUT2D eigenvalue weighted by molar-refractivity contribution is -0.140. The van der Waals surface area contributed by atoms with E-state index in [0.717, 1.165) is 5.56 Å². The Morgan fingerprint density at radius 3 is 2.10 bits per heavy atom. The highest BCUT2D eigenvalue weighted by Crippen LogP contribution is 2.41. The van der Waals surface area contributed by atoms with Crippen LogP contribution in [0.2, 0.25) is 0 Å². The molecule has 1 aliphatic rings. The molecule has 3 aromatic rings. The zero-order valence-corrected chi connectivity index (χ0v) is 15.5. The van der Waals surface area contributed by atoms with Gasteiger partial charge in [-0.2, -0.15) is 0 Å². The summed E-state index contributed by atoms with van der Waals surface area (Å²) < 4.78 is 14.7. The highest BCUT2D eigenvalue weighted by atomic mass is 19.1. The van der Waals surface area contributed by atoms with Crippen LogP contribution in [0.1, 0.15) is 22.7 Å². The van der Waals surface area contributed by atoms with Gasteiger partial charge in [0.15, 0.2) is 0 Å². The number of nitrogens with zero attached hydrogens (tertiary/aromatic N) is 1. The van der Waals surface area contributed by atoms with Gasteiger partial charge in [-0.05, 0) is 11.6 Å². The Labute approximate surface area is 167 Å². The average Bonchev–Trinajstić information content (AvgIpc) is 3.00. The Kier molecular flexibility index (Phi) is 4.96. The van der Waals surface area contributed by atoms with Crippen molar-refractivity contribution in [1.82, 2.24) is 4.90 Å². The monoisotopic (exact) mass is 387 g/mol. The molecule has 4 nitrogen and oxygen atoms in total. The first-order chi connectivity index (χ1) is 14.1. The topological polar surface area (TPSA) is 57.6 Å². The fraction of sp³-hybridized carbons (Fsp3) is 0.0833. The van der Waals surface area contributed by atoms with E-state index in [1.165, 1.54) is 17.0 Å². The summed E-state index contributed by atoms with van der Waals surface area (Å²) in [5.41, 5.74) is 1.25. The first-order valence-electron chi connectivity index (χ1n) is 9.20. The smallest absolute Gasteiger partial charge is 0.295 e. The molecular weight excluding hydrogens is 369 g/mol. The largest absolute Gasteiger partial charge is 0.507 e. The maximum atomic E-state index is 14.7. The molecule has 1 saturated heterocycles. The van der Waals surface area contributed by atoms with E-state index >= 15 is 0 Å². The number of hydrogen-bond donors (Lipinski definition) is 1. The molecule has 1 atom stereocenters. The van der Waals surface area contributed by atoms with Crippen LogP contribution in [0, 0.1) is 5.82 Å². The van der Waals surface area contributed by atoms with E-state index in [4.69, 9.17) is 0 Å². The fourth-order valence-corrected chi connectivity index (χ4v) is 3.59. The SMILES string of the molecule is O=C1C(=O)N(Cc2ccccc2)C(c2ccccc2F)/C1=C(/O)c1ccccc1. The van der Waals surface area contributed by atoms with Crippen molar-refractivity contribution >= 4 is 17.4 Å². The normalized spacial score (nSPS) is 18.2. The molecule has 1 N–H and O–H groups in total. The minimum atomic E-state index is -1.02. The summed E-state index contributed by atoms with van der Waals surface area (Å²) in [6.45, 7) is 0.121. The summed E-state index contributed by atoms with van der Waals surface area (Å²) in [5, 5.41) is 10.9. The van der Waals surface area contributed by atoms with Crippen molar-refractivity contribution in [1.29, 1.82) is 0 Å². The lowest BCUT2D eigenvalue weighted by atomic mass is 9.95. The molecule has 0 spiro atoms. The summed E-state index contributed by atoms with van der Waals surface area (Å²) in [6, 6.07) is 22.6. The second-order valence-corrected chi connectivity index (χ2v) is 6.80. The van der Waals surface area contributed by atoms with Crippen LogP contribution in [0.25, 0.3) is 5.76 Å². The summed E-state index contributed by atoms with van der Waals surface area (Å²) in [7, 11) is 0. The van der Waals surface area contributed by atoms with Gasteiger partial charge in [0, 0.05) is 17.7 Å². The molecule has 0 radical (unpaired) electrons. The van der Waals surface area contributed by atoms with Gasteiger partial charge in [-0.1, -0.05) is 78.9 Å².